The zero-order chi connectivity index (χ0) is 18.1. The molecule has 0 bridgehead atoms. The summed E-state index contributed by atoms with van der Waals surface area (Å²) in [6.45, 7) is 1.90. The van der Waals surface area contributed by atoms with Gasteiger partial charge >= 0.3 is 5.97 Å². The standard InChI is InChI=1S/C17H17ClN4O3S/c1-24-15(23)8-13-9-21(6-7-25-13)17-20-22-10-14(19-16(22)26-17)11-2-4-12(18)5-3-11/h2-5,10,13H,6-9H2,1H3. The van der Waals surface area contributed by atoms with E-state index < -0.39 is 0 Å². The van der Waals surface area contributed by atoms with Gasteiger partial charge in [-0.25, -0.2) is 9.50 Å². The first-order chi connectivity index (χ1) is 12.6. The second kappa shape index (κ2) is 7.22. The Hall–Kier alpha value is -2.16. The van der Waals surface area contributed by atoms with E-state index in [1.807, 2.05) is 30.5 Å². The van der Waals surface area contributed by atoms with Crippen molar-refractivity contribution in [3.8, 4) is 11.3 Å². The average molecular weight is 393 g/mol. The molecule has 3 aromatic rings. The number of ether oxygens (including phenoxy) is 2. The van der Waals surface area contributed by atoms with E-state index in [2.05, 4.69) is 15.0 Å². The van der Waals surface area contributed by atoms with Crippen LogP contribution in [0.5, 0.6) is 0 Å². The molecule has 4 rings (SSSR count). The van der Waals surface area contributed by atoms with Crippen LogP contribution in [0.25, 0.3) is 16.2 Å². The Bertz CT molecular complexity index is 892. The van der Waals surface area contributed by atoms with Crippen molar-refractivity contribution in [2.45, 2.75) is 12.5 Å². The number of hydrogen-bond donors (Lipinski definition) is 0. The Labute approximate surface area is 159 Å². The lowest BCUT2D eigenvalue weighted by molar-refractivity contribution is -0.144. The molecule has 9 heteroatoms. The van der Waals surface area contributed by atoms with Gasteiger partial charge in [-0.3, -0.25) is 4.79 Å². The van der Waals surface area contributed by atoms with E-state index in [-0.39, 0.29) is 18.5 Å². The van der Waals surface area contributed by atoms with E-state index in [0.717, 1.165) is 27.9 Å². The number of anilines is 1. The Morgan fingerprint density at radius 1 is 1.42 bits per heavy atom. The third-order valence-electron chi connectivity index (χ3n) is 4.20. The maximum absolute atomic E-state index is 11.5. The molecule has 1 fully saturated rings. The van der Waals surface area contributed by atoms with E-state index in [1.165, 1.54) is 18.4 Å². The number of methoxy groups -OCH3 is 1. The first-order valence-electron chi connectivity index (χ1n) is 8.18. The number of aromatic nitrogens is 3. The minimum atomic E-state index is -0.265. The van der Waals surface area contributed by atoms with Crippen molar-refractivity contribution in [3.63, 3.8) is 0 Å². The molecule has 136 valence electrons. The predicted molar refractivity (Wildman–Crippen MR) is 99.9 cm³/mol. The Kier molecular flexibility index (Phi) is 4.80. The number of imidazole rings is 1. The van der Waals surface area contributed by atoms with Crippen molar-refractivity contribution >= 4 is 39.0 Å². The van der Waals surface area contributed by atoms with Crippen LogP contribution in [0.4, 0.5) is 5.13 Å². The van der Waals surface area contributed by atoms with E-state index in [1.54, 1.807) is 4.52 Å². The molecule has 3 heterocycles. The first-order valence-corrected chi connectivity index (χ1v) is 9.37. The molecule has 1 aromatic carbocycles. The van der Waals surface area contributed by atoms with Crippen LogP contribution in [-0.4, -0.2) is 53.5 Å². The minimum absolute atomic E-state index is 0.183. The minimum Gasteiger partial charge on any atom is -0.469 e. The van der Waals surface area contributed by atoms with Crippen molar-refractivity contribution < 1.29 is 14.3 Å². The van der Waals surface area contributed by atoms with Gasteiger partial charge in [-0.2, -0.15) is 0 Å². The number of morpholine rings is 1. The molecule has 0 spiro atoms. The summed E-state index contributed by atoms with van der Waals surface area (Å²) in [4.78, 5) is 19.1. The van der Waals surface area contributed by atoms with Crippen LogP contribution in [-0.2, 0) is 14.3 Å². The van der Waals surface area contributed by atoms with Crippen molar-refractivity contribution in [2.24, 2.45) is 0 Å². The molecular weight excluding hydrogens is 376 g/mol. The van der Waals surface area contributed by atoms with Gasteiger partial charge in [0.1, 0.15) is 0 Å². The molecule has 2 aromatic heterocycles. The van der Waals surface area contributed by atoms with Gasteiger partial charge in [0.15, 0.2) is 0 Å². The van der Waals surface area contributed by atoms with Gasteiger partial charge in [0, 0.05) is 23.7 Å². The second-order valence-electron chi connectivity index (χ2n) is 5.96. The molecule has 0 amide bonds. The fraction of sp³-hybridized carbons (Fsp3) is 0.353. The molecular formula is C17H17ClN4O3S. The molecule has 0 N–H and O–H groups in total. The summed E-state index contributed by atoms with van der Waals surface area (Å²) in [5, 5.41) is 6.20. The summed E-state index contributed by atoms with van der Waals surface area (Å²) >= 11 is 7.45. The zero-order valence-electron chi connectivity index (χ0n) is 14.1. The predicted octanol–water partition coefficient (Wildman–Crippen LogP) is 2.88. The monoisotopic (exact) mass is 392 g/mol. The topological polar surface area (TPSA) is 69.0 Å². The normalized spacial score (nSPS) is 17.6. The first kappa shape index (κ1) is 17.3. The van der Waals surface area contributed by atoms with Crippen molar-refractivity contribution in [1.82, 2.24) is 14.6 Å². The molecule has 0 aliphatic carbocycles. The highest BCUT2D eigenvalue weighted by Crippen LogP contribution is 2.28. The number of rotatable bonds is 4. The van der Waals surface area contributed by atoms with Crippen LogP contribution < -0.4 is 4.90 Å². The van der Waals surface area contributed by atoms with Crippen molar-refractivity contribution in [2.75, 3.05) is 31.7 Å². The Balaban J connectivity index is 1.51. The summed E-state index contributed by atoms with van der Waals surface area (Å²) in [6.07, 6.45) is 1.97. The number of esters is 1. The molecule has 1 aliphatic rings. The van der Waals surface area contributed by atoms with Crippen LogP contribution in [0.3, 0.4) is 0 Å². The summed E-state index contributed by atoms with van der Waals surface area (Å²) in [7, 11) is 1.39. The van der Waals surface area contributed by atoms with Crippen LogP contribution >= 0.6 is 22.9 Å². The van der Waals surface area contributed by atoms with Crippen molar-refractivity contribution in [3.05, 3.63) is 35.5 Å². The van der Waals surface area contributed by atoms with Crippen molar-refractivity contribution in [1.29, 1.82) is 0 Å². The molecule has 1 unspecified atom stereocenters. The molecule has 1 aliphatic heterocycles. The second-order valence-corrected chi connectivity index (χ2v) is 7.33. The van der Waals surface area contributed by atoms with E-state index in [9.17, 15) is 4.79 Å². The largest absolute Gasteiger partial charge is 0.469 e. The highest BCUT2D eigenvalue weighted by Gasteiger charge is 2.25. The molecule has 0 saturated carbocycles. The number of nitrogens with zero attached hydrogens (tertiary/aromatic N) is 4. The number of halogens is 1. The molecule has 0 radical (unpaired) electrons. The quantitative estimate of drug-likeness (QED) is 0.636. The maximum atomic E-state index is 11.5. The summed E-state index contributed by atoms with van der Waals surface area (Å²) < 4.78 is 12.2. The van der Waals surface area contributed by atoms with Gasteiger partial charge < -0.3 is 14.4 Å². The number of carbonyl (C=O) groups excluding carboxylic acids is 1. The number of carbonyl (C=O) groups is 1. The number of hydrogen-bond acceptors (Lipinski definition) is 7. The van der Waals surface area contributed by atoms with Gasteiger partial charge in [0.2, 0.25) is 10.1 Å². The number of fused-ring (bicyclic) bond motifs is 1. The van der Waals surface area contributed by atoms with Gasteiger partial charge in [-0.15, -0.1) is 5.10 Å². The van der Waals surface area contributed by atoms with Gasteiger partial charge in [0.05, 0.1) is 38.1 Å². The smallest absolute Gasteiger partial charge is 0.308 e. The molecule has 7 nitrogen and oxygen atoms in total. The lowest BCUT2D eigenvalue weighted by Crippen LogP contribution is -2.43. The van der Waals surface area contributed by atoms with Crippen LogP contribution in [0.2, 0.25) is 5.02 Å². The van der Waals surface area contributed by atoms with Gasteiger partial charge in [0.25, 0.3) is 0 Å². The van der Waals surface area contributed by atoms with Gasteiger partial charge in [-0.1, -0.05) is 35.1 Å². The lowest BCUT2D eigenvalue weighted by Gasteiger charge is -2.31. The Morgan fingerprint density at radius 3 is 2.96 bits per heavy atom. The highest BCUT2D eigenvalue weighted by molar-refractivity contribution is 7.20. The third kappa shape index (κ3) is 3.53. The highest BCUT2D eigenvalue weighted by atomic mass is 35.5. The fourth-order valence-electron chi connectivity index (χ4n) is 2.86. The molecule has 1 saturated heterocycles. The molecule has 1 atom stereocenters. The maximum Gasteiger partial charge on any atom is 0.308 e. The number of benzene rings is 1. The van der Waals surface area contributed by atoms with Crippen LogP contribution in [0.15, 0.2) is 30.5 Å². The SMILES string of the molecule is COC(=O)CC1CN(c2nn3cc(-c4ccc(Cl)cc4)nc3s2)CCO1. The Morgan fingerprint density at radius 2 is 2.23 bits per heavy atom. The third-order valence-corrected chi connectivity index (χ3v) is 5.44. The van der Waals surface area contributed by atoms with Crippen LogP contribution in [0, 0.1) is 0 Å². The fourth-order valence-corrected chi connectivity index (χ4v) is 3.91. The van der Waals surface area contributed by atoms with E-state index in [4.69, 9.17) is 21.1 Å². The van der Waals surface area contributed by atoms with Gasteiger partial charge in [-0.05, 0) is 12.1 Å². The zero-order valence-corrected chi connectivity index (χ0v) is 15.7. The summed E-state index contributed by atoms with van der Waals surface area (Å²) in [5.41, 5.74) is 1.86. The molecule has 26 heavy (non-hydrogen) atoms. The summed E-state index contributed by atoms with van der Waals surface area (Å²) in [6, 6.07) is 7.57. The van der Waals surface area contributed by atoms with Crippen LogP contribution in [0.1, 0.15) is 6.42 Å². The summed E-state index contributed by atoms with van der Waals surface area (Å²) in [5.74, 6) is -0.265. The average Bonchev–Trinajstić information content (AvgIpc) is 3.21. The lowest BCUT2D eigenvalue weighted by atomic mass is 10.2. The van der Waals surface area contributed by atoms with E-state index >= 15 is 0 Å². The van der Waals surface area contributed by atoms with E-state index in [0.29, 0.717) is 18.2 Å².